The van der Waals surface area contributed by atoms with E-state index in [0.29, 0.717) is 47.8 Å². The van der Waals surface area contributed by atoms with E-state index in [1.54, 1.807) is 35.2 Å². The Hall–Kier alpha value is -3.08. The molecule has 1 unspecified atom stereocenters. The Balaban J connectivity index is 1.49. The Morgan fingerprint density at radius 1 is 1.12 bits per heavy atom. The summed E-state index contributed by atoms with van der Waals surface area (Å²) >= 11 is 11.8. The van der Waals surface area contributed by atoms with Crippen LogP contribution < -0.4 is 5.32 Å². The molecule has 166 valence electrons. The van der Waals surface area contributed by atoms with Crippen LogP contribution >= 0.6 is 23.2 Å². The second-order valence-electron chi connectivity index (χ2n) is 7.45. The summed E-state index contributed by atoms with van der Waals surface area (Å²) in [4.78, 5) is 39.1. The van der Waals surface area contributed by atoms with Crippen molar-refractivity contribution in [2.45, 2.75) is 25.9 Å². The van der Waals surface area contributed by atoms with Gasteiger partial charge in [-0.1, -0.05) is 23.2 Å². The maximum Gasteiger partial charge on any atom is 0.309 e. The number of likely N-dealkylation sites (tertiary alicyclic amines) is 1. The standard InChI is InChI=1S/C23H21Cl2N3O4/c1-14(21(29)27-19-7-4-17(13-26)20(25)12-19)32-23(31)16-8-10-28(11-9-16)22(30)15-2-5-18(24)6-3-15/h2-7,12,14,16H,8-11H2,1H3,(H,27,29). The molecule has 1 saturated heterocycles. The average molecular weight is 474 g/mol. The summed E-state index contributed by atoms with van der Waals surface area (Å²) < 4.78 is 5.34. The van der Waals surface area contributed by atoms with Crippen LogP contribution in [0.5, 0.6) is 0 Å². The molecule has 0 aliphatic carbocycles. The van der Waals surface area contributed by atoms with Gasteiger partial charge in [0.05, 0.1) is 16.5 Å². The first-order chi connectivity index (χ1) is 15.3. The maximum absolute atomic E-state index is 12.6. The summed E-state index contributed by atoms with van der Waals surface area (Å²) in [5.41, 5.74) is 1.24. The van der Waals surface area contributed by atoms with Crippen LogP contribution in [0, 0.1) is 17.2 Å². The van der Waals surface area contributed by atoms with E-state index in [0.717, 1.165) is 0 Å². The lowest BCUT2D eigenvalue weighted by molar-refractivity contribution is -0.158. The number of carbonyl (C=O) groups excluding carboxylic acids is 3. The summed E-state index contributed by atoms with van der Waals surface area (Å²) in [6, 6.07) is 13.1. The Labute approximate surface area is 195 Å². The maximum atomic E-state index is 12.6. The number of piperidine rings is 1. The van der Waals surface area contributed by atoms with E-state index < -0.39 is 18.0 Å². The van der Waals surface area contributed by atoms with Crippen LogP contribution in [0.25, 0.3) is 0 Å². The predicted octanol–water partition coefficient (Wildman–Crippen LogP) is 4.29. The molecule has 1 aliphatic rings. The zero-order valence-corrected chi connectivity index (χ0v) is 18.8. The Kier molecular flexibility index (Phi) is 7.73. The summed E-state index contributed by atoms with van der Waals surface area (Å²) in [6.07, 6.45) is -0.0965. The highest BCUT2D eigenvalue weighted by Crippen LogP contribution is 2.23. The van der Waals surface area contributed by atoms with Crippen molar-refractivity contribution in [1.82, 2.24) is 4.90 Å². The first kappa shape index (κ1) is 23.6. The average Bonchev–Trinajstić information content (AvgIpc) is 2.79. The van der Waals surface area contributed by atoms with Crippen LogP contribution in [0.3, 0.4) is 0 Å². The summed E-state index contributed by atoms with van der Waals surface area (Å²) in [5.74, 6) is -1.47. The van der Waals surface area contributed by atoms with Gasteiger partial charge in [-0.3, -0.25) is 14.4 Å². The molecule has 3 rings (SSSR count). The molecule has 9 heteroatoms. The number of nitrogens with one attached hydrogen (secondary N) is 1. The van der Waals surface area contributed by atoms with Crippen molar-refractivity contribution < 1.29 is 19.1 Å². The monoisotopic (exact) mass is 473 g/mol. The molecule has 0 bridgehead atoms. The number of ether oxygens (including phenoxy) is 1. The Morgan fingerprint density at radius 3 is 2.38 bits per heavy atom. The van der Waals surface area contributed by atoms with Crippen molar-refractivity contribution in [3.63, 3.8) is 0 Å². The van der Waals surface area contributed by atoms with E-state index in [-0.39, 0.29) is 16.8 Å². The van der Waals surface area contributed by atoms with Crippen LogP contribution in [0.15, 0.2) is 42.5 Å². The van der Waals surface area contributed by atoms with Gasteiger partial charge in [-0.2, -0.15) is 5.26 Å². The molecule has 1 atom stereocenters. The third-order valence-corrected chi connectivity index (χ3v) is 5.79. The molecule has 1 aliphatic heterocycles. The van der Waals surface area contributed by atoms with Gasteiger partial charge in [0.25, 0.3) is 11.8 Å². The number of anilines is 1. The van der Waals surface area contributed by atoms with Gasteiger partial charge >= 0.3 is 5.97 Å². The van der Waals surface area contributed by atoms with Crippen LogP contribution in [-0.2, 0) is 14.3 Å². The number of rotatable bonds is 5. The molecule has 32 heavy (non-hydrogen) atoms. The lowest BCUT2D eigenvalue weighted by atomic mass is 9.96. The fourth-order valence-corrected chi connectivity index (χ4v) is 3.69. The SMILES string of the molecule is CC(OC(=O)C1CCN(C(=O)c2ccc(Cl)cc2)CC1)C(=O)Nc1ccc(C#N)c(Cl)c1. The van der Waals surface area contributed by atoms with Crippen molar-refractivity contribution >= 4 is 46.7 Å². The van der Waals surface area contributed by atoms with Gasteiger partial charge in [-0.15, -0.1) is 0 Å². The Bertz CT molecular complexity index is 1060. The van der Waals surface area contributed by atoms with Gasteiger partial charge in [0.15, 0.2) is 6.10 Å². The molecule has 2 aromatic carbocycles. The topological polar surface area (TPSA) is 99.5 Å². The molecule has 2 aromatic rings. The predicted molar refractivity (Wildman–Crippen MR) is 120 cm³/mol. The minimum absolute atomic E-state index is 0.109. The van der Waals surface area contributed by atoms with Crippen molar-refractivity contribution in [2.75, 3.05) is 18.4 Å². The molecule has 0 spiro atoms. The van der Waals surface area contributed by atoms with Gasteiger partial charge in [0.2, 0.25) is 0 Å². The van der Waals surface area contributed by atoms with Crippen LogP contribution in [0.2, 0.25) is 10.0 Å². The highest BCUT2D eigenvalue weighted by atomic mass is 35.5. The van der Waals surface area contributed by atoms with Gasteiger partial charge < -0.3 is 15.0 Å². The number of esters is 1. The minimum Gasteiger partial charge on any atom is -0.452 e. The highest BCUT2D eigenvalue weighted by Gasteiger charge is 2.30. The molecular formula is C23H21Cl2N3O4. The smallest absolute Gasteiger partial charge is 0.309 e. The van der Waals surface area contributed by atoms with Crippen LogP contribution in [0.4, 0.5) is 5.69 Å². The quantitative estimate of drug-likeness (QED) is 0.652. The number of nitriles is 1. The minimum atomic E-state index is -1.01. The van der Waals surface area contributed by atoms with E-state index in [2.05, 4.69) is 5.32 Å². The molecule has 0 saturated carbocycles. The van der Waals surface area contributed by atoms with E-state index in [4.69, 9.17) is 33.2 Å². The number of benzene rings is 2. The van der Waals surface area contributed by atoms with E-state index >= 15 is 0 Å². The zero-order valence-electron chi connectivity index (χ0n) is 17.3. The van der Waals surface area contributed by atoms with Gasteiger partial charge in [-0.05, 0) is 62.2 Å². The first-order valence-corrected chi connectivity index (χ1v) is 10.8. The molecule has 0 aromatic heterocycles. The molecule has 0 radical (unpaired) electrons. The summed E-state index contributed by atoms with van der Waals surface area (Å²) in [7, 11) is 0. The normalized spacial score (nSPS) is 14.9. The third kappa shape index (κ3) is 5.78. The number of hydrogen-bond donors (Lipinski definition) is 1. The lowest BCUT2D eigenvalue weighted by Crippen LogP contribution is -2.41. The van der Waals surface area contributed by atoms with Gasteiger partial charge in [0.1, 0.15) is 6.07 Å². The zero-order chi connectivity index (χ0) is 23.3. The van der Waals surface area contributed by atoms with Crippen molar-refractivity contribution in [3.05, 3.63) is 63.6 Å². The molecule has 1 N–H and O–H groups in total. The fraction of sp³-hybridized carbons (Fsp3) is 0.304. The van der Waals surface area contributed by atoms with Crippen molar-refractivity contribution in [1.29, 1.82) is 5.26 Å². The second kappa shape index (κ2) is 10.5. The second-order valence-corrected chi connectivity index (χ2v) is 8.29. The Morgan fingerprint density at radius 2 is 1.78 bits per heavy atom. The molecule has 1 heterocycles. The van der Waals surface area contributed by atoms with E-state index in [9.17, 15) is 14.4 Å². The molecular weight excluding hydrogens is 453 g/mol. The fourth-order valence-electron chi connectivity index (χ4n) is 3.34. The van der Waals surface area contributed by atoms with Gasteiger partial charge in [0, 0.05) is 29.4 Å². The number of carbonyl (C=O) groups is 3. The highest BCUT2D eigenvalue weighted by molar-refractivity contribution is 6.32. The van der Waals surface area contributed by atoms with E-state index in [1.165, 1.54) is 19.1 Å². The van der Waals surface area contributed by atoms with Gasteiger partial charge in [-0.25, -0.2) is 0 Å². The largest absolute Gasteiger partial charge is 0.452 e. The molecule has 1 fully saturated rings. The van der Waals surface area contributed by atoms with Crippen LogP contribution in [-0.4, -0.2) is 41.9 Å². The number of nitrogens with zero attached hydrogens (tertiary/aromatic N) is 2. The molecule has 2 amide bonds. The summed E-state index contributed by atoms with van der Waals surface area (Å²) in [5, 5.41) is 12.3. The number of amides is 2. The molecule has 7 nitrogen and oxygen atoms in total. The van der Waals surface area contributed by atoms with Crippen molar-refractivity contribution in [2.24, 2.45) is 5.92 Å². The van der Waals surface area contributed by atoms with Crippen molar-refractivity contribution in [3.8, 4) is 6.07 Å². The number of hydrogen-bond acceptors (Lipinski definition) is 5. The first-order valence-electron chi connectivity index (χ1n) is 10.0. The van der Waals surface area contributed by atoms with E-state index in [1.807, 2.05) is 6.07 Å². The third-order valence-electron chi connectivity index (χ3n) is 5.23. The number of halogens is 2. The summed E-state index contributed by atoms with van der Waals surface area (Å²) in [6.45, 7) is 2.33. The lowest BCUT2D eigenvalue weighted by Gasteiger charge is -2.31. The van der Waals surface area contributed by atoms with Crippen LogP contribution in [0.1, 0.15) is 35.7 Å².